The molecule has 3 aliphatic rings. The van der Waals surface area contributed by atoms with Crippen LogP contribution in [0.25, 0.3) is 23.2 Å². The van der Waals surface area contributed by atoms with E-state index in [0.717, 1.165) is 45.0 Å². The first-order chi connectivity index (χ1) is 22.3. The van der Waals surface area contributed by atoms with Crippen LogP contribution in [0.15, 0.2) is 85.6 Å². The van der Waals surface area contributed by atoms with Crippen molar-refractivity contribution in [1.29, 1.82) is 0 Å². The molecule has 3 fully saturated rings. The maximum Gasteiger partial charge on any atom is 0.176 e. The van der Waals surface area contributed by atoms with Gasteiger partial charge in [0, 0.05) is 59.0 Å². The van der Waals surface area contributed by atoms with Crippen LogP contribution < -0.4 is 26.7 Å². The molecule has 46 heavy (non-hydrogen) atoms. The van der Waals surface area contributed by atoms with E-state index in [1.165, 1.54) is 74.6 Å². The Kier molecular flexibility index (Phi) is 9.77. The topological polar surface area (TPSA) is 46.3 Å². The Morgan fingerprint density at radius 2 is 1.72 bits per heavy atom. The molecule has 6 heteroatoms. The number of fused-ring (bicyclic) bond motifs is 2. The Labute approximate surface area is 276 Å². The SMILES string of the molecule is C=CNc1ccc(N/C(c2ccccc2)=c2\c(=C)[nH]c3cc(B4CCC5C(C4)CC5(C)C)ccc23)cc1.CCN1CCN(C)CC1. The zero-order valence-corrected chi connectivity index (χ0v) is 28.4. The first-order valence-electron chi connectivity index (χ1n) is 17.3. The van der Waals surface area contributed by atoms with E-state index in [1.54, 1.807) is 6.20 Å². The van der Waals surface area contributed by atoms with E-state index in [1.807, 2.05) is 0 Å². The Morgan fingerprint density at radius 1 is 1.00 bits per heavy atom. The number of anilines is 2. The number of hydrogen-bond acceptors (Lipinski definition) is 4. The molecule has 2 aliphatic heterocycles. The quantitative estimate of drug-likeness (QED) is 0.211. The van der Waals surface area contributed by atoms with Gasteiger partial charge in [-0.15, -0.1) is 0 Å². The lowest BCUT2D eigenvalue weighted by atomic mass is 9.30. The zero-order valence-electron chi connectivity index (χ0n) is 28.4. The van der Waals surface area contributed by atoms with Crippen molar-refractivity contribution >= 4 is 46.7 Å². The van der Waals surface area contributed by atoms with Gasteiger partial charge in [0.05, 0.1) is 5.70 Å². The summed E-state index contributed by atoms with van der Waals surface area (Å²) in [7, 11) is 2.19. The Balaban J connectivity index is 0.000000358. The van der Waals surface area contributed by atoms with Crippen molar-refractivity contribution in [1.82, 2.24) is 14.8 Å². The van der Waals surface area contributed by atoms with Crippen LogP contribution >= 0.6 is 0 Å². The fourth-order valence-corrected chi connectivity index (χ4v) is 8.26. The summed E-state index contributed by atoms with van der Waals surface area (Å²) < 4.78 is 0. The average Bonchev–Trinajstić information content (AvgIpc) is 3.39. The first-order valence-corrected chi connectivity index (χ1v) is 17.3. The molecule has 4 aromatic rings. The molecule has 0 amide bonds. The number of hydrogen-bond donors (Lipinski definition) is 3. The summed E-state index contributed by atoms with van der Waals surface area (Å²) >= 11 is 0. The fourth-order valence-electron chi connectivity index (χ4n) is 8.26. The minimum absolute atomic E-state index is 0.551. The molecular formula is C40H52BN5. The smallest absolute Gasteiger partial charge is 0.176 e. The van der Waals surface area contributed by atoms with Gasteiger partial charge in [-0.05, 0) is 79.4 Å². The van der Waals surface area contributed by atoms with Crippen LogP contribution in [0.4, 0.5) is 11.4 Å². The third-order valence-corrected chi connectivity index (χ3v) is 10.9. The minimum atomic E-state index is 0.551. The number of piperazine rings is 1. The monoisotopic (exact) mass is 613 g/mol. The lowest BCUT2D eigenvalue weighted by Crippen LogP contribution is -2.51. The molecule has 3 aromatic carbocycles. The normalized spacial score (nSPS) is 21.8. The number of benzene rings is 3. The van der Waals surface area contributed by atoms with Gasteiger partial charge in [0.2, 0.25) is 0 Å². The van der Waals surface area contributed by atoms with E-state index in [4.69, 9.17) is 0 Å². The molecule has 0 radical (unpaired) electrons. The standard InChI is InChI=1S/C33H36BN3.C7H16N2/c1-5-35-26-12-14-27(15-13-26)37-32(23-9-7-6-8-10-23)31-22(2)36-30-19-25(11-16-28(30)31)34-18-17-29-24(21-34)20-33(29,3)4;1-3-9-6-4-8(2)5-7-9/h5-16,19,24,29,35-37H,1-2,17-18,20-21H2,3-4H3;3-7H2,1-2H3/b32-31+;. The molecule has 1 aromatic heterocycles. The summed E-state index contributed by atoms with van der Waals surface area (Å²) in [5.74, 6) is 1.83. The number of aromatic amines is 1. The molecule has 0 bridgehead atoms. The average molecular weight is 614 g/mol. The van der Waals surface area contributed by atoms with Crippen LogP contribution in [-0.4, -0.2) is 61.3 Å². The van der Waals surface area contributed by atoms with Crippen molar-refractivity contribution in [2.75, 3.05) is 50.4 Å². The highest BCUT2D eigenvalue weighted by atomic mass is 15.2. The van der Waals surface area contributed by atoms with Crippen LogP contribution in [0.5, 0.6) is 0 Å². The zero-order chi connectivity index (χ0) is 32.3. The molecule has 240 valence electrons. The summed E-state index contributed by atoms with van der Waals surface area (Å²) in [5.41, 5.74) is 7.44. The second-order valence-electron chi connectivity index (χ2n) is 14.4. The van der Waals surface area contributed by atoms with Gasteiger partial charge in [-0.2, -0.15) is 0 Å². The number of likely N-dealkylation sites (N-methyl/N-ethyl adjacent to an activating group) is 2. The van der Waals surface area contributed by atoms with Crippen molar-refractivity contribution < 1.29 is 0 Å². The highest BCUT2D eigenvalue weighted by Gasteiger charge is 2.50. The molecule has 7 rings (SSSR count). The number of rotatable bonds is 7. The van der Waals surface area contributed by atoms with Gasteiger partial charge in [0.1, 0.15) is 0 Å². The van der Waals surface area contributed by atoms with Crippen molar-refractivity contribution in [2.24, 2.45) is 17.3 Å². The maximum absolute atomic E-state index is 4.44. The minimum Gasteiger partial charge on any atom is -0.362 e. The van der Waals surface area contributed by atoms with E-state index in [9.17, 15) is 0 Å². The molecule has 1 aliphatic carbocycles. The summed E-state index contributed by atoms with van der Waals surface area (Å²) in [6, 6.07) is 25.9. The summed E-state index contributed by atoms with van der Waals surface area (Å²) in [6.45, 7) is 22.2. The van der Waals surface area contributed by atoms with Gasteiger partial charge < -0.3 is 25.4 Å². The molecule has 0 spiro atoms. The third kappa shape index (κ3) is 6.99. The number of nitrogens with zero attached hydrogens (tertiary/aromatic N) is 2. The molecule has 2 atom stereocenters. The molecule has 3 N–H and O–H groups in total. The van der Waals surface area contributed by atoms with E-state index in [0.29, 0.717) is 12.1 Å². The molecule has 2 saturated heterocycles. The Bertz CT molecular complexity index is 1730. The van der Waals surface area contributed by atoms with Gasteiger partial charge in [-0.3, -0.25) is 0 Å². The van der Waals surface area contributed by atoms with E-state index < -0.39 is 0 Å². The van der Waals surface area contributed by atoms with E-state index in [2.05, 4.69) is 139 Å². The predicted molar refractivity (Wildman–Crippen MR) is 201 cm³/mol. The Hall–Kier alpha value is -3.74. The van der Waals surface area contributed by atoms with Crippen LogP contribution in [0.1, 0.15) is 39.2 Å². The highest BCUT2D eigenvalue weighted by molar-refractivity contribution is 6.73. The molecular weight excluding hydrogens is 561 g/mol. The summed E-state index contributed by atoms with van der Waals surface area (Å²) in [4.78, 5) is 8.49. The second kappa shape index (κ2) is 13.9. The van der Waals surface area contributed by atoms with Gasteiger partial charge >= 0.3 is 0 Å². The Morgan fingerprint density at radius 3 is 2.37 bits per heavy atom. The van der Waals surface area contributed by atoms with Crippen molar-refractivity contribution in [2.45, 2.75) is 46.3 Å². The summed E-state index contributed by atoms with van der Waals surface area (Å²) in [5, 5.41) is 10.1. The lowest BCUT2D eigenvalue weighted by Gasteiger charge is -2.55. The second-order valence-corrected chi connectivity index (χ2v) is 14.4. The van der Waals surface area contributed by atoms with E-state index in [-0.39, 0.29) is 0 Å². The van der Waals surface area contributed by atoms with Gasteiger partial charge in [0.25, 0.3) is 0 Å². The molecule has 5 nitrogen and oxygen atoms in total. The molecule has 1 saturated carbocycles. The fraction of sp³-hybridized carbons (Fsp3) is 0.400. The van der Waals surface area contributed by atoms with Crippen molar-refractivity contribution in [3.05, 3.63) is 102 Å². The third-order valence-electron chi connectivity index (χ3n) is 10.9. The van der Waals surface area contributed by atoms with Gasteiger partial charge in [0.15, 0.2) is 6.71 Å². The van der Waals surface area contributed by atoms with Gasteiger partial charge in [-0.1, -0.05) is 101 Å². The number of H-pyrrole nitrogens is 1. The largest absolute Gasteiger partial charge is 0.362 e. The van der Waals surface area contributed by atoms with Gasteiger partial charge in [-0.25, -0.2) is 0 Å². The predicted octanol–water partition coefficient (Wildman–Crippen LogP) is 6.42. The maximum atomic E-state index is 4.44. The first kappa shape index (κ1) is 32.2. The van der Waals surface area contributed by atoms with Crippen LogP contribution in [0, 0.1) is 17.3 Å². The number of nitrogens with one attached hydrogen (secondary N) is 3. The van der Waals surface area contributed by atoms with Crippen molar-refractivity contribution in [3.8, 4) is 0 Å². The highest BCUT2D eigenvalue weighted by Crippen LogP contribution is 2.57. The molecule has 2 unspecified atom stereocenters. The van der Waals surface area contributed by atoms with Crippen molar-refractivity contribution in [3.63, 3.8) is 0 Å². The summed E-state index contributed by atoms with van der Waals surface area (Å²) in [6.07, 6.45) is 7.09. The van der Waals surface area contributed by atoms with E-state index >= 15 is 0 Å². The van der Waals surface area contributed by atoms with Crippen LogP contribution in [0.3, 0.4) is 0 Å². The van der Waals surface area contributed by atoms with Crippen LogP contribution in [-0.2, 0) is 0 Å². The lowest BCUT2D eigenvalue weighted by molar-refractivity contribution is -0.00812. The van der Waals surface area contributed by atoms with Crippen LogP contribution in [0.2, 0.25) is 12.6 Å². The molecule has 3 heterocycles. The number of aromatic nitrogens is 1.